The van der Waals surface area contributed by atoms with Crippen molar-refractivity contribution in [3.8, 4) is 0 Å². The summed E-state index contributed by atoms with van der Waals surface area (Å²) in [5.41, 5.74) is 0.832. The molecule has 0 amide bonds. The minimum Gasteiger partial charge on any atom is -0.207 e. The van der Waals surface area contributed by atoms with Gasteiger partial charge < -0.3 is 0 Å². The summed E-state index contributed by atoms with van der Waals surface area (Å²) >= 11 is 5.97. The van der Waals surface area contributed by atoms with Gasteiger partial charge in [-0.1, -0.05) is 44.0 Å². The van der Waals surface area contributed by atoms with Crippen molar-refractivity contribution >= 4 is 31.6 Å². The van der Waals surface area contributed by atoms with Crippen molar-refractivity contribution in [2.75, 3.05) is 6.54 Å². The Labute approximate surface area is 203 Å². The summed E-state index contributed by atoms with van der Waals surface area (Å²) in [7, 11) is -7.50. The summed E-state index contributed by atoms with van der Waals surface area (Å²) in [6, 6.07) is 12.5. The maximum Gasteiger partial charge on any atom is 0.243 e. The molecule has 1 heterocycles. The van der Waals surface area contributed by atoms with Crippen molar-refractivity contribution in [1.82, 2.24) is 8.61 Å². The zero-order valence-electron chi connectivity index (χ0n) is 19.4. The highest BCUT2D eigenvalue weighted by atomic mass is 35.5. The predicted octanol–water partition coefficient (Wildman–Crippen LogP) is 5.28. The van der Waals surface area contributed by atoms with Gasteiger partial charge in [0.15, 0.2) is 0 Å². The molecule has 0 saturated carbocycles. The Kier molecular flexibility index (Phi) is 8.61. The lowest BCUT2D eigenvalue weighted by atomic mass is 10.0. The van der Waals surface area contributed by atoms with Crippen molar-refractivity contribution in [3.05, 3.63) is 59.1 Å². The molecule has 0 aliphatic carbocycles. The van der Waals surface area contributed by atoms with Crippen LogP contribution in [0.2, 0.25) is 5.02 Å². The van der Waals surface area contributed by atoms with Gasteiger partial charge in [-0.25, -0.2) is 16.8 Å². The Morgan fingerprint density at radius 2 is 1.58 bits per heavy atom. The molecule has 1 aliphatic heterocycles. The van der Waals surface area contributed by atoms with Gasteiger partial charge in [-0.05, 0) is 74.6 Å². The largest absolute Gasteiger partial charge is 0.243 e. The first-order valence-electron chi connectivity index (χ1n) is 11.5. The molecule has 0 spiro atoms. The summed E-state index contributed by atoms with van der Waals surface area (Å²) in [5.74, 6) is 0. The molecule has 0 unspecified atom stereocenters. The molecule has 1 fully saturated rings. The minimum atomic E-state index is -3.83. The maximum atomic E-state index is 13.5. The van der Waals surface area contributed by atoms with Crippen molar-refractivity contribution in [2.24, 2.45) is 0 Å². The molecule has 2 aromatic carbocycles. The second kappa shape index (κ2) is 10.9. The number of hydrogen-bond donors (Lipinski definition) is 0. The zero-order valence-corrected chi connectivity index (χ0v) is 21.8. The number of nitrogens with zero attached hydrogens (tertiary/aromatic N) is 2. The molecule has 0 bridgehead atoms. The molecule has 182 valence electrons. The summed E-state index contributed by atoms with van der Waals surface area (Å²) in [6.07, 6.45) is 4.14. The molecule has 2 aromatic rings. The highest BCUT2D eigenvalue weighted by molar-refractivity contribution is 7.89. The lowest BCUT2D eigenvalue weighted by molar-refractivity contribution is 0.246. The molecule has 1 aliphatic rings. The van der Waals surface area contributed by atoms with E-state index in [0.717, 1.165) is 31.2 Å². The Bertz CT molecular complexity index is 1130. The number of halogens is 1. The van der Waals surface area contributed by atoms with E-state index in [2.05, 4.69) is 0 Å². The first kappa shape index (κ1) is 26.2. The van der Waals surface area contributed by atoms with E-state index in [-0.39, 0.29) is 28.4 Å². The van der Waals surface area contributed by atoms with Crippen LogP contribution in [0.15, 0.2) is 58.3 Å². The van der Waals surface area contributed by atoms with E-state index < -0.39 is 20.0 Å². The average Bonchev–Trinajstić information content (AvgIpc) is 2.83. The first-order valence-corrected chi connectivity index (χ1v) is 14.7. The van der Waals surface area contributed by atoms with Gasteiger partial charge in [-0.2, -0.15) is 8.61 Å². The normalized spacial score (nSPS) is 19.0. The van der Waals surface area contributed by atoms with Crippen LogP contribution in [-0.4, -0.2) is 44.1 Å². The van der Waals surface area contributed by atoms with E-state index in [1.807, 2.05) is 32.9 Å². The topological polar surface area (TPSA) is 74.8 Å². The van der Waals surface area contributed by atoms with Gasteiger partial charge >= 0.3 is 0 Å². The lowest BCUT2D eigenvalue weighted by Crippen LogP contribution is -2.43. The molecule has 1 saturated heterocycles. The quantitative estimate of drug-likeness (QED) is 0.458. The third kappa shape index (κ3) is 5.80. The standard InChI is InChI=1S/C24H33ClN2O4S2/c1-4-19(3)27(18-20-9-11-21(25)12-10-20)33(30,31)24-15-13-23(14-16-24)32(28,29)26-17-7-6-8-22(26)5-2/h9-16,19,22H,4-8,17-18H2,1-3H3/t19-,22-/m1/s1. The molecule has 0 N–H and O–H groups in total. The second-order valence-corrected chi connectivity index (χ2v) is 12.8. The van der Waals surface area contributed by atoms with Crippen LogP contribution in [0.1, 0.15) is 58.4 Å². The maximum absolute atomic E-state index is 13.5. The highest BCUT2D eigenvalue weighted by Gasteiger charge is 2.33. The van der Waals surface area contributed by atoms with Crippen LogP contribution in [0, 0.1) is 0 Å². The van der Waals surface area contributed by atoms with E-state index in [9.17, 15) is 16.8 Å². The fourth-order valence-electron chi connectivity index (χ4n) is 4.20. The third-order valence-corrected chi connectivity index (χ3v) is 10.6. The van der Waals surface area contributed by atoms with Crippen LogP contribution < -0.4 is 0 Å². The summed E-state index contributed by atoms with van der Waals surface area (Å²) in [4.78, 5) is 0.219. The molecular weight excluding hydrogens is 480 g/mol. The van der Waals surface area contributed by atoms with Crippen molar-refractivity contribution in [2.45, 2.75) is 81.3 Å². The van der Waals surface area contributed by atoms with Gasteiger partial charge in [0.2, 0.25) is 20.0 Å². The molecule has 3 rings (SSSR count). The molecule has 0 aromatic heterocycles. The summed E-state index contributed by atoms with van der Waals surface area (Å²) < 4.78 is 56.5. The van der Waals surface area contributed by atoms with Crippen LogP contribution in [-0.2, 0) is 26.6 Å². The number of hydrogen-bond acceptors (Lipinski definition) is 4. The van der Waals surface area contributed by atoms with Crippen molar-refractivity contribution in [1.29, 1.82) is 0 Å². The van der Waals surface area contributed by atoms with Gasteiger partial charge in [-0.3, -0.25) is 0 Å². The van der Waals surface area contributed by atoms with Crippen molar-refractivity contribution in [3.63, 3.8) is 0 Å². The Morgan fingerprint density at radius 1 is 0.970 bits per heavy atom. The molecular formula is C24H33ClN2O4S2. The Balaban J connectivity index is 1.90. The molecule has 33 heavy (non-hydrogen) atoms. The van der Waals surface area contributed by atoms with Crippen LogP contribution >= 0.6 is 11.6 Å². The smallest absolute Gasteiger partial charge is 0.207 e. The van der Waals surface area contributed by atoms with E-state index in [1.165, 1.54) is 28.6 Å². The molecule has 9 heteroatoms. The Hall–Kier alpha value is -1.45. The fourth-order valence-corrected chi connectivity index (χ4v) is 7.79. The monoisotopic (exact) mass is 512 g/mol. The van der Waals surface area contributed by atoms with Crippen LogP contribution in [0.5, 0.6) is 0 Å². The van der Waals surface area contributed by atoms with E-state index in [0.29, 0.717) is 18.0 Å². The lowest BCUT2D eigenvalue weighted by Gasteiger charge is -2.34. The average molecular weight is 513 g/mol. The molecule has 2 atom stereocenters. The highest BCUT2D eigenvalue weighted by Crippen LogP contribution is 2.29. The predicted molar refractivity (Wildman–Crippen MR) is 132 cm³/mol. The van der Waals surface area contributed by atoms with Gasteiger partial charge in [0, 0.05) is 30.2 Å². The van der Waals surface area contributed by atoms with Crippen molar-refractivity contribution < 1.29 is 16.8 Å². The number of benzene rings is 2. The number of sulfonamides is 2. The number of piperidine rings is 1. The van der Waals surface area contributed by atoms with Gasteiger partial charge in [-0.15, -0.1) is 0 Å². The molecule has 0 radical (unpaired) electrons. The van der Waals surface area contributed by atoms with Gasteiger partial charge in [0.05, 0.1) is 9.79 Å². The SMILES string of the molecule is CC[C@@H]1CCCCN1S(=O)(=O)c1ccc(S(=O)(=O)N(Cc2ccc(Cl)cc2)[C@H](C)CC)cc1. The van der Waals surface area contributed by atoms with E-state index in [1.54, 1.807) is 16.4 Å². The minimum absolute atomic E-state index is 0.00701. The third-order valence-electron chi connectivity index (χ3n) is 6.42. The van der Waals surface area contributed by atoms with E-state index in [4.69, 9.17) is 11.6 Å². The Morgan fingerprint density at radius 3 is 2.15 bits per heavy atom. The zero-order chi connectivity index (χ0) is 24.2. The van der Waals surface area contributed by atoms with Crippen LogP contribution in [0.4, 0.5) is 0 Å². The first-order chi connectivity index (χ1) is 15.6. The second-order valence-electron chi connectivity index (χ2n) is 8.58. The van der Waals surface area contributed by atoms with Crippen LogP contribution in [0.25, 0.3) is 0 Å². The van der Waals surface area contributed by atoms with E-state index >= 15 is 0 Å². The number of rotatable bonds is 9. The van der Waals surface area contributed by atoms with Gasteiger partial charge in [0.25, 0.3) is 0 Å². The fraction of sp³-hybridized carbons (Fsp3) is 0.500. The molecule has 6 nitrogen and oxygen atoms in total. The summed E-state index contributed by atoms with van der Waals surface area (Å²) in [6.45, 7) is 6.52. The van der Waals surface area contributed by atoms with Crippen LogP contribution in [0.3, 0.4) is 0 Å². The summed E-state index contributed by atoms with van der Waals surface area (Å²) in [5, 5.41) is 0.590. The van der Waals surface area contributed by atoms with Gasteiger partial charge in [0.1, 0.15) is 0 Å².